The zero-order valence-electron chi connectivity index (χ0n) is 11.8. The number of furan rings is 1. The van der Waals surface area contributed by atoms with Gasteiger partial charge in [-0.15, -0.1) is 0 Å². The second-order valence-electron chi connectivity index (χ2n) is 5.16. The first kappa shape index (κ1) is 12.9. The van der Waals surface area contributed by atoms with Crippen molar-refractivity contribution >= 4 is 11.0 Å². The molecule has 0 unspecified atom stereocenters. The van der Waals surface area contributed by atoms with Gasteiger partial charge in [0.15, 0.2) is 0 Å². The Morgan fingerprint density at radius 1 is 1.05 bits per heavy atom. The molecule has 0 aliphatic rings. The first-order valence-corrected chi connectivity index (χ1v) is 7.05. The van der Waals surface area contributed by atoms with Gasteiger partial charge >= 0.3 is 0 Å². The SMILES string of the molecule is OCc1ccc2c(c1)ncn2-c1cccc(-c2ccoc2)c1. The van der Waals surface area contributed by atoms with E-state index in [9.17, 15) is 5.11 Å². The predicted molar refractivity (Wildman–Crippen MR) is 84.7 cm³/mol. The third kappa shape index (κ3) is 2.10. The number of hydrogen-bond acceptors (Lipinski definition) is 3. The molecule has 0 bridgehead atoms. The largest absolute Gasteiger partial charge is 0.472 e. The number of aromatic nitrogens is 2. The predicted octanol–water partition coefficient (Wildman–Crippen LogP) is 3.78. The van der Waals surface area contributed by atoms with Crippen LogP contribution in [0.3, 0.4) is 0 Å². The highest BCUT2D eigenvalue weighted by Crippen LogP contribution is 2.25. The number of aliphatic hydroxyl groups excluding tert-OH is 1. The quantitative estimate of drug-likeness (QED) is 0.624. The highest BCUT2D eigenvalue weighted by molar-refractivity contribution is 5.78. The van der Waals surface area contributed by atoms with Crippen molar-refractivity contribution in [2.45, 2.75) is 6.61 Å². The van der Waals surface area contributed by atoms with Crippen molar-refractivity contribution in [3.8, 4) is 16.8 Å². The van der Waals surface area contributed by atoms with Crippen LogP contribution in [0.25, 0.3) is 27.8 Å². The lowest BCUT2D eigenvalue weighted by molar-refractivity contribution is 0.282. The van der Waals surface area contributed by atoms with E-state index in [-0.39, 0.29) is 6.61 Å². The normalized spacial score (nSPS) is 11.1. The maximum atomic E-state index is 9.22. The molecule has 0 saturated heterocycles. The minimum atomic E-state index is 0.0266. The van der Waals surface area contributed by atoms with Gasteiger partial charge in [-0.05, 0) is 41.5 Å². The molecule has 2 heterocycles. The Balaban J connectivity index is 1.84. The van der Waals surface area contributed by atoms with E-state index in [0.717, 1.165) is 33.4 Å². The Labute approximate surface area is 127 Å². The molecule has 4 rings (SSSR count). The summed E-state index contributed by atoms with van der Waals surface area (Å²) in [6, 6.07) is 16.0. The van der Waals surface area contributed by atoms with E-state index in [1.165, 1.54) is 0 Å². The third-order valence-electron chi connectivity index (χ3n) is 3.77. The summed E-state index contributed by atoms with van der Waals surface area (Å²) in [6.07, 6.45) is 5.21. The summed E-state index contributed by atoms with van der Waals surface area (Å²) >= 11 is 0. The van der Waals surface area contributed by atoms with Gasteiger partial charge in [0, 0.05) is 11.3 Å². The highest BCUT2D eigenvalue weighted by Gasteiger charge is 2.07. The number of nitrogens with zero attached hydrogens (tertiary/aromatic N) is 2. The van der Waals surface area contributed by atoms with Crippen LogP contribution >= 0.6 is 0 Å². The standard InChI is InChI=1S/C18H14N2O2/c21-10-13-4-5-18-17(8-13)19-12-20(18)16-3-1-2-14(9-16)15-6-7-22-11-15/h1-9,11-12,21H,10H2. The summed E-state index contributed by atoms with van der Waals surface area (Å²) < 4.78 is 7.19. The van der Waals surface area contributed by atoms with Gasteiger partial charge in [-0.1, -0.05) is 18.2 Å². The summed E-state index contributed by atoms with van der Waals surface area (Å²) in [5, 5.41) is 9.22. The van der Waals surface area contributed by atoms with Gasteiger partial charge in [0.2, 0.25) is 0 Å². The van der Waals surface area contributed by atoms with Crippen LogP contribution in [-0.4, -0.2) is 14.7 Å². The van der Waals surface area contributed by atoms with E-state index in [4.69, 9.17) is 4.42 Å². The molecule has 4 aromatic rings. The zero-order valence-corrected chi connectivity index (χ0v) is 11.8. The number of benzene rings is 2. The van der Waals surface area contributed by atoms with Crippen LogP contribution in [0, 0.1) is 0 Å². The molecule has 0 atom stereocenters. The first-order chi connectivity index (χ1) is 10.8. The van der Waals surface area contributed by atoms with E-state index in [2.05, 4.69) is 17.1 Å². The van der Waals surface area contributed by atoms with Gasteiger partial charge < -0.3 is 9.52 Å². The molecule has 0 spiro atoms. The van der Waals surface area contributed by atoms with Crippen LogP contribution < -0.4 is 0 Å². The molecule has 108 valence electrons. The minimum Gasteiger partial charge on any atom is -0.472 e. The van der Waals surface area contributed by atoms with Gasteiger partial charge in [0.1, 0.15) is 6.33 Å². The maximum Gasteiger partial charge on any atom is 0.100 e. The van der Waals surface area contributed by atoms with Crippen LogP contribution in [0.5, 0.6) is 0 Å². The molecule has 1 N–H and O–H groups in total. The van der Waals surface area contributed by atoms with Gasteiger partial charge in [-0.3, -0.25) is 4.57 Å². The van der Waals surface area contributed by atoms with Gasteiger partial charge in [0.05, 0.1) is 30.2 Å². The third-order valence-corrected chi connectivity index (χ3v) is 3.77. The molecule has 0 fully saturated rings. The van der Waals surface area contributed by atoms with Crippen molar-refractivity contribution in [2.24, 2.45) is 0 Å². The number of rotatable bonds is 3. The molecule has 4 nitrogen and oxygen atoms in total. The molecule has 0 amide bonds. The second-order valence-corrected chi connectivity index (χ2v) is 5.16. The fourth-order valence-electron chi connectivity index (χ4n) is 2.63. The van der Waals surface area contributed by atoms with Crippen molar-refractivity contribution < 1.29 is 9.52 Å². The van der Waals surface area contributed by atoms with Crippen molar-refractivity contribution in [2.75, 3.05) is 0 Å². The van der Waals surface area contributed by atoms with Crippen molar-refractivity contribution in [3.63, 3.8) is 0 Å². The minimum absolute atomic E-state index is 0.0266. The molecular formula is C18H14N2O2. The average molecular weight is 290 g/mol. The average Bonchev–Trinajstić information content (AvgIpc) is 3.24. The smallest absolute Gasteiger partial charge is 0.100 e. The maximum absolute atomic E-state index is 9.22. The van der Waals surface area contributed by atoms with Crippen LogP contribution in [-0.2, 0) is 6.61 Å². The molecular weight excluding hydrogens is 276 g/mol. The molecule has 22 heavy (non-hydrogen) atoms. The van der Waals surface area contributed by atoms with E-state index in [1.54, 1.807) is 18.9 Å². The lowest BCUT2D eigenvalue weighted by Gasteiger charge is -2.06. The van der Waals surface area contributed by atoms with Crippen molar-refractivity contribution in [1.82, 2.24) is 9.55 Å². The fourth-order valence-corrected chi connectivity index (χ4v) is 2.63. The van der Waals surface area contributed by atoms with Gasteiger partial charge in [-0.25, -0.2) is 4.98 Å². The molecule has 4 heteroatoms. The summed E-state index contributed by atoms with van der Waals surface area (Å²) in [5.74, 6) is 0. The number of hydrogen-bond donors (Lipinski definition) is 1. The Bertz CT molecular complexity index is 923. The summed E-state index contributed by atoms with van der Waals surface area (Å²) in [5.41, 5.74) is 5.94. The molecule has 2 aromatic carbocycles. The number of aliphatic hydroxyl groups is 1. The van der Waals surface area contributed by atoms with E-state index >= 15 is 0 Å². The lowest BCUT2D eigenvalue weighted by Crippen LogP contribution is -1.92. The summed E-state index contributed by atoms with van der Waals surface area (Å²) in [7, 11) is 0. The fraction of sp³-hybridized carbons (Fsp3) is 0.0556. The van der Waals surface area contributed by atoms with Crippen molar-refractivity contribution in [1.29, 1.82) is 0 Å². The summed E-state index contributed by atoms with van der Waals surface area (Å²) in [6.45, 7) is 0.0266. The summed E-state index contributed by atoms with van der Waals surface area (Å²) in [4.78, 5) is 4.43. The highest BCUT2D eigenvalue weighted by atomic mass is 16.3. The Kier molecular flexibility index (Phi) is 3.02. The second kappa shape index (κ2) is 5.16. The molecule has 0 saturated carbocycles. The Morgan fingerprint density at radius 2 is 2.00 bits per heavy atom. The van der Waals surface area contributed by atoms with E-state index in [0.29, 0.717) is 0 Å². The molecule has 0 aliphatic carbocycles. The van der Waals surface area contributed by atoms with Crippen LogP contribution in [0.15, 0.2) is 71.8 Å². The number of imidazole rings is 1. The zero-order chi connectivity index (χ0) is 14.9. The monoisotopic (exact) mass is 290 g/mol. The van der Waals surface area contributed by atoms with Crippen LogP contribution in [0.2, 0.25) is 0 Å². The number of fused-ring (bicyclic) bond motifs is 1. The Hall–Kier alpha value is -2.85. The molecule has 2 aromatic heterocycles. The van der Waals surface area contributed by atoms with Gasteiger partial charge in [0.25, 0.3) is 0 Å². The Morgan fingerprint density at radius 3 is 2.82 bits per heavy atom. The molecule has 0 aliphatic heterocycles. The lowest BCUT2D eigenvalue weighted by atomic mass is 10.1. The topological polar surface area (TPSA) is 51.2 Å². The first-order valence-electron chi connectivity index (χ1n) is 7.05. The van der Waals surface area contributed by atoms with Gasteiger partial charge in [-0.2, -0.15) is 0 Å². The van der Waals surface area contributed by atoms with E-state index in [1.807, 2.05) is 41.0 Å². The van der Waals surface area contributed by atoms with Crippen LogP contribution in [0.4, 0.5) is 0 Å². The van der Waals surface area contributed by atoms with E-state index < -0.39 is 0 Å². The molecule has 0 radical (unpaired) electrons. The van der Waals surface area contributed by atoms with Crippen molar-refractivity contribution in [3.05, 3.63) is 72.9 Å². The van der Waals surface area contributed by atoms with Crippen LogP contribution in [0.1, 0.15) is 5.56 Å².